The molecule has 4 rings (SSSR count). The fourth-order valence-electron chi connectivity index (χ4n) is 3.11. The largest absolute Gasteiger partial charge is 0.361 e. The SMILES string of the molecule is C[C@@H](Nc1ncnc2sc3c(c12)CCCC3)c1ccccn1. The van der Waals surface area contributed by atoms with Gasteiger partial charge >= 0.3 is 0 Å². The minimum Gasteiger partial charge on any atom is -0.361 e. The maximum atomic E-state index is 4.51. The molecular formula is C17H18N4S. The summed E-state index contributed by atoms with van der Waals surface area (Å²) in [5, 5.41) is 4.76. The van der Waals surface area contributed by atoms with Gasteiger partial charge in [0.25, 0.3) is 0 Å². The van der Waals surface area contributed by atoms with Gasteiger partial charge in [-0.3, -0.25) is 4.98 Å². The van der Waals surface area contributed by atoms with Crippen molar-refractivity contribution in [3.05, 3.63) is 46.9 Å². The lowest BCUT2D eigenvalue weighted by molar-refractivity contribution is 0.700. The first-order chi connectivity index (χ1) is 10.8. The van der Waals surface area contributed by atoms with Crippen LogP contribution in [0.1, 0.15) is 41.9 Å². The molecule has 1 aliphatic carbocycles. The van der Waals surface area contributed by atoms with E-state index >= 15 is 0 Å². The zero-order valence-corrected chi connectivity index (χ0v) is 13.4. The smallest absolute Gasteiger partial charge is 0.138 e. The van der Waals surface area contributed by atoms with E-state index in [1.165, 1.54) is 35.1 Å². The molecule has 0 radical (unpaired) electrons. The molecule has 0 unspecified atom stereocenters. The molecule has 0 aliphatic heterocycles. The van der Waals surface area contributed by atoms with Crippen LogP contribution in [-0.4, -0.2) is 15.0 Å². The molecule has 22 heavy (non-hydrogen) atoms. The third-order valence-corrected chi connectivity index (χ3v) is 5.44. The molecule has 3 heterocycles. The number of nitrogens with zero attached hydrogens (tertiary/aromatic N) is 3. The van der Waals surface area contributed by atoms with E-state index in [1.54, 1.807) is 6.33 Å². The molecule has 1 N–H and O–H groups in total. The number of aromatic nitrogens is 3. The van der Waals surface area contributed by atoms with Crippen LogP contribution in [0.15, 0.2) is 30.7 Å². The van der Waals surface area contributed by atoms with Gasteiger partial charge < -0.3 is 5.32 Å². The van der Waals surface area contributed by atoms with E-state index in [2.05, 4.69) is 27.2 Å². The lowest BCUT2D eigenvalue weighted by Crippen LogP contribution is -2.10. The highest BCUT2D eigenvalue weighted by atomic mass is 32.1. The van der Waals surface area contributed by atoms with E-state index in [0.29, 0.717) is 0 Å². The van der Waals surface area contributed by atoms with Crippen molar-refractivity contribution in [3.8, 4) is 0 Å². The summed E-state index contributed by atoms with van der Waals surface area (Å²) in [6.45, 7) is 2.12. The Morgan fingerprint density at radius 3 is 2.91 bits per heavy atom. The van der Waals surface area contributed by atoms with Crippen molar-refractivity contribution in [3.63, 3.8) is 0 Å². The summed E-state index contributed by atoms with van der Waals surface area (Å²) in [7, 11) is 0. The van der Waals surface area contributed by atoms with Gasteiger partial charge in [-0.2, -0.15) is 0 Å². The Hall–Kier alpha value is -2.01. The topological polar surface area (TPSA) is 50.7 Å². The Bertz CT molecular complexity index is 797. The molecule has 3 aromatic heterocycles. The summed E-state index contributed by atoms with van der Waals surface area (Å²) in [5.74, 6) is 0.947. The van der Waals surface area contributed by atoms with E-state index in [4.69, 9.17) is 0 Å². The average Bonchev–Trinajstić information content (AvgIpc) is 2.95. The molecule has 0 spiro atoms. The molecule has 0 aromatic carbocycles. The third kappa shape index (κ3) is 2.35. The third-order valence-electron chi connectivity index (χ3n) is 4.24. The summed E-state index contributed by atoms with van der Waals surface area (Å²) >= 11 is 1.83. The molecule has 0 amide bonds. The second-order valence-electron chi connectivity index (χ2n) is 5.73. The number of nitrogens with one attached hydrogen (secondary N) is 1. The van der Waals surface area contributed by atoms with Gasteiger partial charge in [-0.25, -0.2) is 9.97 Å². The molecule has 0 bridgehead atoms. The number of thiophene rings is 1. The Balaban J connectivity index is 1.74. The summed E-state index contributed by atoms with van der Waals surface area (Å²) in [6.07, 6.45) is 8.39. The number of rotatable bonds is 3. The Morgan fingerprint density at radius 2 is 2.05 bits per heavy atom. The number of fused-ring (bicyclic) bond motifs is 3. The van der Waals surface area contributed by atoms with Crippen LogP contribution in [0.25, 0.3) is 10.2 Å². The summed E-state index contributed by atoms with van der Waals surface area (Å²) in [5.41, 5.74) is 2.49. The molecular weight excluding hydrogens is 292 g/mol. The second kappa shape index (κ2) is 5.65. The molecule has 0 saturated heterocycles. The van der Waals surface area contributed by atoms with E-state index in [0.717, 1.165) is 22.8 Å². The van der Waals surface area contributed by atoms with E-state index in [-0.39, 0.29) is 6.04 Å². The van der Waals surface area contributed by atoms with Crippen molar-refractivity contribution in [2.24, 2.45) is 0 Å². The summed E-state index contributed by atoms with van der Waals surface area (Å²) < 4.78 is 0. The zero-order valence-electron chi connectivity index (χ0n) is 12.5. The Morgan fingerprint density at radius 1 is 1.14 bits per heavy atom. The lowest BCUT2D eigenvalue weighted by atomic mass is 9.97. The first-order valence-corrected chi connectivity index (χ1v) is 8.57. The van der Waals surface area contributed by atoms with E-state index < -0.39 is 0 Å². The maximum Gasteiger partial charge on any atom is 0.138 e. The standard InChI is InChI=1S/C17H18N4S/c1-11(13-7-4-5-9-18-13)21-16-15-12-6-2-3-8-14(12)22-17(15)20-10-19-16/h4-5,7,9-11H,2-3,6,8H2,1H3,(H,19,20,21)/t11-/m1/s1. The summed E-state index contributed by atoms with van der Waals surface area (Å²) in [4.78, 5) is 16.0. The van der Waals surface area contributed by atoms with Gasteiger partial charge in [-0.05, 0) is 50.3 Å². The van der Waals surface area contributed by atoms with Crippen LogP contribution in [0.5, 0.6) is 0 Å². The predicted octanol–water partition coefficient (Wildman–Crippen LogP) is 4.14. The van der Waals surface area contributed by atoms with Crippen molar-refractivity contribution in [1.29, 1.82) is 0 Å². The fraction of sp³-hybridized carbons (Fsp3) is 0.353. The van der Waals surface area contributed by atoms with Crippen LogP contribution >= 0.6 is 11.3 Å². The van der Waals surface area contributed by atoms with Gasteiger partial charge in [0, 0.05) is 11.1 Å². The molecule has 112 valence electrons. The zero-order chi connectivity index (χ0) is 14.9. The second-order valence-corrected chi connectivity index (χ2v) is 6.82. The number of hydrogen-bond donors (Lipinski definition) is 1. The minimum absolute atomic E-state index is 0.124. The fourth-order valence-corrected chi connectivity index (χ4v) is 4.34. The molecule has 5 heteroatoms. The number of hydrogen-bond acceptors (Lipinski definition) is 5. The van der Waals surface area contributed by atoms with Gasteiger partial charge in [0.15, 0.2) is 0 Å². The van der Waals surface area contributed by atoms with Gasteiger partial charge in [0.1, 0.15) is 17.0 Å². The molecule has 4 nitrogen and oxygen atoms in total. The molecule has 1 atom stereocenters. The van der Waals surface area contributed by atoms with Crippen LogP contribution < -0.4 is 5.32 Å². The first-order valence-electron chi connectivity index (χ1n) is 7.75. The van der Waals surface area contributed by atoms with Crippen molar-refractivity contribution in [2.45, 2.75) is 38.6 Å². The van der Waals surface area contributed by atoms with Crippen molar-refractivity contribution < 1.29 is 0 Å². The van der Waals surface area contributed by atoms with Crippen molar-refractivity contribution in [2.75, 3.05) is 5.32 Å². The highest BCUT2D eigenvalue weighted by molar-refractivity contribution is 7.19. The van der Waals surface area contributed by atoms with Crippen molar-refractivity contribution >= 4 is 27.4 Å². The molecule has 0 saturated carbocycles. The lowest BCUT2D eigenvalue weighted by Gasteiger charge is -2.16. The Kier molecular flexibility index (Phi) is 3.50. The van der Waals surface area contributed by atoms with Gasteiger partial charge in [-0.1, -0.05) is 6.07 Å². The van der Waals surface area contributed by atoms with Crippen LogP contribution in [0.3, 0.4) is 0 Å². The van der Waals surface area contributed by atoms with Gasteiger partial charge in [0.2, 0.25) is 0 Å². The quantitative estimate of drug-likeness (QED) is 0.790. The Labute approximate surface area is 133 Å². The van der Waals surface area contributed by atoms with E-state index in [1.807, 2.05) is 35.7 Å². The monoisotopic (exact) mass is 310 g/mol. The van der Waals surface area contributed by atoms with E-state index in [9.17, 15) is 0 Å². The van der Waals surface area contributed by atoms with Crippen LogP contribution in [0, 0.1) is 0 Å². The normalized spacial score (nSPS) is 15.5. The number of aryl methyl sites for hydroxylation is 2. The van der Waals surface area contributed by atoms with Crippen LogP contribution in [0.4, 0.5) is 5.82 Å². The number of anilines is 1. The van der Waals surface area contributed by atoms with Crippen LogP contribution in [-0.2, 0) is 12.8 Å². The highest BCUT2D eigenvalue weighted by Gasteiger charge is 2.20. The van der Waals surface area contributed by atoms with Crippen molar-refractivity contribution in [1.82, 2.24) is 15.0 Å². The average molecular weight is 310 g/mol. The number of pyridine rings is 1. The van der Waals surface area contributed by atoms with Gasteiger partial charge in [0.05, 0.1) is 17.1 Å². The van der Waals surface area contributed by atoms with Crippen LogP contribution in [0.2, 0.25) is 0 Å². The highest BCUT2D eigenvalue weighted by Crippen LogP contribution is 2.38. The molecule has 1 aliphatic rings. The first kappa shape index (κ1) is 13.6. The predicted molar refractivity (Wildman–Crippen MR) is 90.3 cm³/mol. The minimum atomic E-state index is 0.124. The molecule has 0 fully saturated rings. The molecule has 3 aromatic rings. The van der Waals surface area contributed by atoms with Gasteiger partial charge in [-0.15, -0.1) is 11.3 Å². The summed E-state index contributed by atoms with van der Waals surface area (Å²) in [6, 6.07) is 6.12. The maximum absolute atomic E-state index is 4.51.